The lowest BCUT2D eigenvalue weighted by Gasteiger charge is -2.05. The Morgan fingerprint density at radius 3 is 2.48 bits per heavy atom. The molecule has 2 heterocycles. The van der Waals surface area contributed by atoms with E-state index in [1.54, 1.807) is 11.3 Å². The molecule has 3 nitrogen and oxygen atoms in total. The van der Waals surface area contributed by atoms with Crippen molar-refractivity contribution in [1.82, 2.24) is 4.98 Å². The number of nitrogens with one attached hydrogen (secondary N) is 1. The fourth-order valence-electron chi connectivity index (χ4n) is 3.16. The quantitative estimate of drug-likeness (QED) is 0.347. The molecule has 0 fully saturated rings. The lowest BCUT2D eigenvalue weighted by atomic mass is 10.1. The molecule has 5 rings (SSSR count). The number of thiazole rings is 1. The van der Waals surface area contributed by atoms with E-state index >= 15 is 0 Å². The lowest BCUT2D eigenvalue weighted by molar-refractivity contribution is 0.103. The van der Waals surface area contributed by atoms with Crippen molar-refractivity contribution in [2.75, 3.05) is 5.32 Å². The number of benzene rings is 3. The van der Waals surface area contributed by atoms with Crippen LogP contribution in [0.2, 0.25) is 0 Å². The average molecular weight is 413 g/mol. The van der Waals surface area contributed by atoms with E-state index in [0.717, 1.165) is 37.6 Å². The molecule has 0 aliphatic carbocycles. The predicted molar refractivity (Wildman–Crippen MR) is 123 cm³/mol. The Hall–Kier alpha value is -3.28. The number of hydrogen-bond donors (Lipinski definition) is 1. The van der Waals surface area contributed by atoms with Crippen LogP contribution in [0.25, 0.3) is 31.9 Å². The SMILES string of the molecule is O=C(Nc1cccc(-c2csc(-c3ccccc3)n2)c1)c1cc2ccccc2s1. The van der Waals surface area contributed by atoms with E-state index < -0.39 is 0 Å². The molecule has 0 aliphatic rings. The van der Waals surface area contributed by atoms with Crippen LogP contribution in [0.1, 0.15) is 9.67 Å². The summed E-state index contributed by atoms with van der Waals surface area (Å²) in [5.41, 5.74) is 3.77. The number of carbonyl (C=O) groups is 1. The Kier molecular flexibility index (Phi) is 4.68. The van der Waals surface area contributed by atoms with Crippen LogP contribution in [-0.4, -0.2) is 10.9 Å². The van der Waals surface area contributed by atoms with Crippen molar-refractivity contribution in [3.05, 3.63) is 95.2 Å². The molecule has 29 heavy (non-hydrogen) atoms. The summed E-state index contributed by atoms with van der Waals surface area (Å²) in [4.78, 5) is 18.2. The van der Waals surface area contributed by atoms with Crippen molar-refractivity contribution in [3.63, 3.8) is 0 Å². The second-order valence-electron chi connectivity index (χ2n) is 6.59. The number of hydrogen-bond acceptors (Lipinski definition) is 4. The van der Waals surface area contributed by atoms with Gasteiger partial charge in [0.05, 0.1) is 10.6 Å². The van der Waals surface area contributed by atoms with Gasteiger partial charge in [-0.05, 0) is 29.7 Å². The third kappa shape index (κ3) is 3.70. The molecular weight excluding hydrogens is 396 g/mol. The minimum atomic E-state index is -0.0911. The molecule has 3 aromatic carbocycles. The summed E-state index contributed by atoms with van der Waals surface area (Å²) >= 11 is 3.12. The zero-order chi connectivity index (χ0) is 19.6. The Balaban J connectivity index is 1.38. The molecule has 0 bridgehead atoms. The number of carbonyl (C=O) groups excluding carboxylic acids is 1. The van der Waals surface area contributed by atoms with E-state index in [1.165, 1.54) is 11.3 Å². The second kappa shape index (κ2) is 7.62. The smallest absolute Gasteiger partial charge is 0.265 e. The maximum Gasteiger partial charge on any atom is 0.265 e. The molecule has 0 aliphatic heterocycles. The number of rotatable bonds is 4. The first-order valence-corrected chi connectivity index (χ1v) is 10.9. The zero-order valence-electron chi connectivity index (χ0n) is 15.3. The van der Waals surface area contributed by atoms with Crippen LogP contribution in [0, 0.1) is 0 Å². The van der Waals surface area contributed by atoms with E-state index in [0.29, 0.717) is 4.88 Å². The van der Waals surface area contributed by atoms with E-state index in [1.807, 2.05) is 72.8 Å². The van der Waals surface area contributed by atoms with Crippen molar-refractivity contribution >= 4 is 44.4 Å². The van der Waals surface area contributed by atoms with Crippen LogP contribution < -0.4 is 5.32 Å². The third-order valence-corrected chi connectivity index (χ3v) is 6.60. The van der Waals surface area contributed by atoms with Gasteiger partial charge in [0.2, 0.25) is 0 Å². The Bertz CT molecular complexity index is 1270. The summed E-state index contributed by atoms with van der Waals surface area (Å²) in [6.07, 6.45) is 0. The summed E-state index contributed by atoms with van der Waals surface area (Å²) in [6.45, 7) is 0. The molecule has 2 aromatic heterocycles. The van der Waals surface area contributed by atoms with Crippen LogP contribution in [-0.2, 0) is 0 Å². The van der Waals surface area contributed by atoms with Crippen molar-refractivity contribution in [3.8, 4) is 21.8 Å². The molecule has 1 amide bonds. The monoisotopic (exact) mass is 412 g/mol. The molecule has 1 N–H and O–H groups in total. The van der Waals surface area contributed by atoms with Gasteiger partial charge in [-0.1, -0.05) is 60.7 Å². The van der Waals surface area contributed by atoms with Gasteiger partial charge in [0.15, 0.2) is 0 Å². The van der Waals surface area contributed by atoms with E-state index in [2.05, 4.69) is 22.8 Å². The minimum Gasteiger partial charge on any atom is -0.321 e. The third-order valence-electron chi connectivity index (χ3n) is 4.59. The van der Waals surface area contributed by atoms with Gasteiger partial charge >= 0.3 is 0 Å². The van der Waals surface area contributed by atoms with Crippen molar-refractivity contribution in [2.24, 2.45) is 0 Å². The number of fused-ring (bicyclic) bond motifs is 1. The predicted octanol–water partition coefficient (Wildman–Crippen LogP) is 6.94. The normalized spacial score (nSPS) is 10.9. The molecule has 140 valence electrons. The summed E-state index contributed by atoms with van der Waals surface area (Å²) in [6, 6.07) is 27.9. The summed E-state index contributed by atoms with van der Waals surface area (Å²) in [7, 11) is 0. The first kappa shape index (κ1) is 17.8. The fourth-order valence-corrected chi connectivity index (χ4v) is 4.96. The highest BCUT2D eigenvalue weighted by Gasteiger charge is 2.12. The Labute approximate surface area is 176 Å². The summed E-state index contributed by atoms with van der Waals surface area (Å²) < 4.78 is 1.11. The minimum absolute atomic E-state index is 0.0911. The van der Waals surface area contributed by atoms with Gasteiger partial charge in [0, 0.05) is 26.9 Å². The number of anilines is 1. The number of amides is 1. The molecule has 0 unspecified atom stereocenters. The van der Waals surface area contributed by atoms with E-state index in [4.69, 9.17) is 4.98 Å². The lowest BCUT2D eigenvalue weighted by Crippen LogP contribution is -2.09. The van der Waals surface area contributed by atoms with Gasteiger partial charge in [-0.25, -0.2) is 4.98 Å². The van der Waals surface area contributed by atoms with Crippen molar-refractivity contribution in [1.29, 1.82) is 0 Å². The molecule has 0 saturated carbocycles. The van der Waals surface area contributed by atoms with Gasteiger partial charge in [0.25, 0.3) is 5.91 Å². The summed E-state index contributed by atoms with van der Waals surface area (Å²) in [5.74, 6) is -0.0911. The standard InChI is InChI=1S/C24H16N2OS2/c27-23(22-14-18-9-4-5-12-21(18)29-22)25-19-11-6-10-17(13-19)20-15-28-24(26-20)16-7-2-1-3-8-16/h1-15H,(H,25,27). The van der Waals surface area contributed by atoms with Crippen LogP contribution in [0.5, 0.6) is 0 Å². The molecule has 5 heteroatoms. The highest BCUT2D eigenvalue weighted by atomic mass is 32.1. The van der Waals surface area contributed by atoms with E-state index in [9.17, 15) is 4.79 Å². The maximum absolute atomic E-state index is 12.7. The molecule has 0 radical (unpaired) electrons. The highest BCUT2D eigenvalue weighted by molar-refractivity contribution is 7.20. The first-order chi connectivity index (χ1) is 14.3. The Morgan fingerprint density at radius 1 is 0.828 bits per heavy atom. The van der Waals surface area contributed by atoms with Gasteiger partial charge < -0.3 is 5.32 Å². The molecule has 5 aromatic rings. The average Bonchev–Trinajstić information content (AvgIpc) is 3.42. The highest BCUT2D eigenvalue weighted by Crippen LogP contribution is 2.30. The van der Waals surface area contributed by atoms with Crippen molar-refractivity contribution in [2.45, 2.75) is 0 Å². The molecule has 0 atom stereocenters. The van der Waals surface area contributed by atoms with Gasteiger partial charge in [-0.2, -0.15) is 0 Å². The van der Waals surface area contributed by atoms with Gasteiger partial charge in [0.1, 0.15) is 5.01 Å². The fraction of sp³-hybridized carbons (Fsp3) is 0. The largest absolute Gasteiger partial charge is 0.321 e. The second-order valence-corrected chi connectivity index (χ2v) is 8.53. The first-order valence-electron chi connectivity index (χ1n) is 9.17. The van der Waals surface area contributed by atoms with Crippen molar-refractivity contribution < 1.29 is 4.79 Å². The van der Waals surface area contributed by atoms with Crippen LogP contribution >= 0.6 is 22.7 Å². The number of thiophene rings is 1. The number of aromatic nitrogens is 1. The summed E-state index contributed by atoms with van der Waals surface area (Å²) in [5, 5.41) is 7.14. The maximum atomic E-state index is 12.7. The van der Waals surface area contributed by atoms with Crippen LogP contribution in [0.15, 0.2) is 90.3 Å². The van der Waals surface area contributed by atoms with Crippen LogP contribution in [0.4, 0.5) is 5.69 Å². The molecule has 0 saturated heterocycles. The Morgan fingerprint density at radius 2 is 1.62 bits per heavy atom. The zero-order valence-corrected chi connectivity index (χ0v) is 17.0. The van der Waals surface area contributed by atoms with Gasteiger partial charge in [-0.3, -0.25) is 4.79 Å². The molecule has 0 spiro atoms. The molecular formula is C24H16N2OS2. The van der Waals surface area contributed by atoms with E-state index in [-0.39, 0.29) is 5.91 Å². The van der Waals surface area contributed by atoms with Crippen LogP contribution in [0.3, 0.4) is 0 Å². The van der Waals surface area contributed by atoms with Gasteiger partial charge in [-0.15, -0.1) is 22.7 Å². The number of nitrogens with zero attached hydrogens (tertiary/aromatic N) is 1. The topological polar surface area (TPSA) is 42.0 Å².